The molecule has 2 amide bonds. The van der Waals surface area contributed by atoms with E-state index >= 15 is 0 Å². The summed E-state index contributed by atoms with van der Waals surface area (Å²) in [5.74, 6) is 0.610. The lowest BCUT2D eigenvalue weighted by Gasteiger charge is -2.35. The first-order valence-electron chi connectivity index (χ1n) is 9.96. The van der Waals surface area contributed by atoms with Gasteiger partial charge in [0.1, 0.15) is 0 Å². The summed E-state index contributed by atoms with van der Waals surface area (Å²) < 4.78 is 0. The van der Waals surface area contributed by atoms with Crippen molar-refractivity contribution < 1.29 is 9.59 Å². The maximum absolute atomic E-state index is 12.9. The smallest absolute Gasteiger partial charge is 0.226 e. The van der Waals surface area contributed by atoms with Gasteiger partial charge in [-0.3, -0.25) is 9.59 Å². The highest BCUT2D eigenvalue weighted by Gasteiger charge is 2.34. The van der Waals surface area contributed by atoms with Gasteiger partial charge in [0.15, 0.2) is 0 Å². The second kappa shape index (κ2) is 10.7. The Morgan fingerprint density at radius 3 is 2.44 bits per heavy atom. The fraction of sp³-hybridized carbons (Fsp3) is 0.619. The first-order chi connectivity index (χ1) is 12.7. The van der Waals surface area contributed by atoms with Gasteiger partial charge in [-0.1, -0.05) is 30.3 Å². The molecule has 27 heavy (non-hydrogen) atoms. The van der Waals surface area contributed by atoms with Gasteiger partial charge < -0.3 is 15.1 Å². The number of rotatable bonds is 6. The van der Waals surface area contributed by atoms with Gasteiger partial charge in [0.05, 0.1) is 0 Å². The second-order valence-electron chi connectivity index (χ2n) is 7.53. The van der Waals surface area contributed by atoms with Gasteiger partial charge in [0, 0.05) is 44.6 Å². The van der Waals surface area contributed by atoms with Gasteiger partial charge >= 0.3 is 0 Å². The fourth-order valence-corrected chi connectivity index (χ4v) is 4.24. The van der Waals surface area contributed by atoms with E-state index in [0.717, 1.165) is 45.2 Å². The van der Waals surface area contributed by atoms with E-state index in [2.05, 4.69) is 22.3 Å². The number of likely N-dealkylation sites (N-methyl/N-ethyl adjacent to an activating group) is 1. The van der Waals surface area contributed by atoms with Crippen LogP contribution in [0.15, 0.2) is 30.3 Å². The molecule has 3 rings (SSSR count). The molecule has 0 saturated carbocycles. The Kier molecular flexibility index (Phi) is 8.58. The van der Waals surface area contributed by atoms with E-state index in [0.29, 0.717) is 31.5 Å². The normalized spacial score (nSPS) is 20.4. The topological polar surface area (TPSA) is 52.7 Å². The first-order valence-corrected chi connectivity index (χ1v) is 9.96. The number of benzene rings is 1. The number of hydrogen-bond acceptors (Lipinski definition) is 3. The number of halogens is 1. The standard InChI is InChI=1S/C21H31N3O2.ClH/c1-22-16-19-8-5-13-24(19)21(26)18-11-14-23(15-12-18)20(25)10-9-17-6-3-2-4-7-17;/h2-4,6-7,18-19,22H,5,8-16H2,1H3;1H. The van der Waals surface area contributed by atoms with E-state index in [1.165, 1.54) is 5.56 Å². The van der Waals surface area contributed by atoms with E-state index in [9.17, 15) is 9.59 Å². The van der Waals surface area contributed by atoms with Crippen LogP contribution in [-0.2, 0) is 16.0 Å². The van der Waals surface area contributed by atoms with Gasteiger partial charge in [-0.05, 0) is 44.7 Å². The first kappa shape index (κ1) is 21.7. The quantitative estimate of drug-likeness (QED) is 0.807. The van der Waals surface area contributed by atoms with E-state index < -0.39 is 0 Å². The summed E-state index contributed by atoms with van der Waals surface area (Å²) in [4.78, 5) is 29.4. The Morgan fingerprint density at radius 2 is 1.78 bits per heavy atom. The monoisotopic (exact) mass is 393 g/mol. The van der Waals surface area contributed by atoms with Crippen LogP contribution in [-0.4, -0.2) is 60.9 Å². The summed E-state index contributed by atoms with van der Waals surface area (Å²) in [6.07, 6.45) is 5.16. The molecule has 1 N–H and O–H groups in total. The van der Waals surface area contributed by atoms with Gasteiger partial charge in [-0.25, -0.2) is 0 Å². The van der Waals surface area contributed by atoms with E-state index in [1.807, 2.05) is 30.1 Å². The average Bonchev–Trinajstić information content (AvgIpc) is 3.15. The molecular formula is C21H32ClN3O2. The van der Waals surface area contributed by atoms with Crippen LogP contribution in [0.1, 0.15) is 37.7 Å². The van der Waals surface area contributed by atoms with Crippen molar-refractivity contribution in [3.8, 4) is 0 Å². The number of hydrogen-bond donors (Lipinski definition) is 1. The SMILES string of the molecule is CNCC1CCCN1C(=O)C1CCN(C(=O)CCc2ccccc2)CC1.Cl. The van der Waals surface area contributed by atoms with Crippen molar-refractivity contribution in [2.24, 2.45) is 5.92 Å². The zero-order chi connectivity index (χ0) is 18.4. The maximum atomic E-state index is 12.9. The lowest BCUT2D eigenvalue weighted by atomic mass is 9.94. The van der Waals surface area contributed by atoms with Gasteiger partial charge in [-0.15, -0.1) is 12.4 Å². The predicted molar refractivity (Wildman–Crippen MR) is 110 cm³/mol. The molecule has 0 spiro atoms. The van der Waals surface area contributed by atoms with Crippen LogP contribution in [0.2, 0.25) is 0 Å². The predicted octanol–water partition coefficient (Wildman–Crippen LogP) is 2.49. The van der Waals surface area contributed by atoms with E-state index in [4.69, 9.17) is 0 Å². The summed E-state index contributed by atoms with van der Waals surface area (Å²) in [6.45, 7) is 3.20. The number of carbonyl (C=O) groups is 2. The summed E-state index contributed by atoms with van der Waals surface area (Å²) in [5, 5.41) is 3.20. The van der Waals surface area contributed by atoms with E-state index in [-0.39, 0.29) is 24.2 Å². The minimum absolute atomic E-state index is 0. The number of aryl methyl sites for hydroxylation is 1. The van der Waals surface area contributed by atoms with Crippen molar-refractivity contribution in [1.29, 1.82) is 0 Å². The lowest BCUT2D eigenvalue weighted by Crippen LogP contribution is -2.47. The van der Waals surface area contributed by atoms with Crippen molar-refractivity contribution >= 4 is 24.2 Å². The Bertz CT molecular complexity index is 603. The third-order valence-electron chi connectivity index (χ3n) is 5.77. The molecule has 0 aromatic heterocycles. The number of likely N-dealkylation sites (tertiary alicyclic amines) is 2. The van der Waals surface area contributed by atoms with Gasteiger partial charge in [0.2, 0.25) is 11.8 Å². The van der Waals surface area contributed by atoms with Gasteiger partial charge in [-0.2, -0.15) is 0 Å². The molecule has 2 saturated heterocycles. The van der Waals surface area contributed by atoms with Crippen molar-refractivity contribution in [3.63, 3.8) is 0 Å². The molecule has 0 bridgehead atoms. The van der Waals surface area contributed by atoms with Crippen molar-refractivity contribution in [1.82, 2.24) is 15.1 Å². The van der Waals surface area contributed by atoms with Crippen LogP contribution in [0.4, 0.5) is 0 Å². The molecule has 2 heterocycles. The third-order valence-corrected chi connectivity index (χ3v) is 5.77. The largest absolute Gasteiger partial charge is 0.343 e. The van der Waals surface area contributed by atoms with Crippen molar-refractivity contribution in [3.05, 3.63) is 35.9 Å². The summed E-state index contributed by atoms with van der Waals surface area (Å²) >= 11 is 0. The minimum atomic E-state index is 0. The molecule has 2 aliphatic rings. The third kappa shape index (κ3) is 5.69. The number of nitrogens with zero attached hydrogens (tertiary/aromatic N) is 2. The van der Waals surface area contributed by atoms with Crippen LogP contribution in [0, 0.1) is 5.92 Å². The Balaban J connectivity index is 0.00000261. The molecule has 5 nitrogen and oxygen atoms in total. The highest BCUT2D eigenvalue weighted by molar-refractivity contribution is 5.85. The highest BCUT2D eigenvalue weighted by Crippen LogP contribution is 2.25. The molecule has 1 aromatic carbocycles. The molecule has 0 radical (unpaired) electrons. The van der Waals surface area contributed by atoms with Crippen molar-refractivity contribution in [2.45, 2.75) is 44.6 Å². The van der Waals surface area contributed by atoms with Crippen LogP contribution in [0.5, 0.6) is 0 Å². The van der Waals surface area contributed by atoms with Crippen LogP contribution >= 0.6 is 12.4 Å². The average molecular weight is 394 g/mol. The second-order valence-corrected chi connectivity index (χ2v) is 7.53. The molecular weight excluding hydrogens is 362 g/mol. The molecule has 6 heteroatoms. The summed E-state index contributed by atoms with van der Waals surface area (Å²) in [5.41, 5.74) is 1.20. The Morgan fingerprint density at radius 1 is 1.07 bits per heavy atom. The van der Waals surface area contributed by atoms with Crippen molar-refractivity contribution in [2.75, 3.05) is 33.2 Å². The number of carbonyl (C=O) groups excluding carboxylic acids is 2. The van der Waals surface area contributed by atoms with Crippen LogP contribution < -0.4 is 5.32 Å². The molecule has 1 aromatic rings. The maximum Gasteiger partial charge on any atom is 0.226 e. The lowest BCUT2D eigenvalue weighted by molar-refractivity contribution is -0.141. The number of nitrogens with one attached hydrogen (secondary N) is 1. The molecule has 0 aliphatic carbocycles. The molecule has 2 fully saturated rings. The van der Waals surface area contributed by atoms with Gasteiger partial charge in [0.25, 0.3) is 0 Å². The number of piperidine rings is 1. The Labute approximate surface area is 168 Å². The fourth-order valence-electron chi connectivity index (χ4n) is 4.24. The van der Waals surface area contributed by atoms with Crippen LogP contribution in [0.25, 0.3) is 0 Å². The molecule has 1 unspecified atom stereocenters. The minimum Gasteiger partial charge on any atom is -0.343 e. The van der Waals surface area contributed by atoms with E-state index in [1.54, 1.807) is 0 Å². The summed E-state index contributed by atoms with van der Waals surface area (Å²) in [6, 6.07) is 10.5. The molecule has 150 valence electrons. The zero-order valence-corrected chi connectivity index (χ0v) is 17.0. The Hall–Kier alpha value is -1.59. The highest BCUT2D eigenvalue weighted by atomic mass is 35.5. The summed E-state index contributed by atoms with van der Waals surface area (Å²) in [7, 11) is 1.94. The zero-order valence-electron chi connectivity index (χ0n) is 16.2. The molecule has 2 aliphatic heterocycles. The van der Waals surface area contributed by atoms with Crippen LogP contribution in [0.3, 0.4) is 0 Å². The number of amides is 2. The molecule has 1 atom stereocenters.